The Morgan fingerprint density at radius 3 is 2.27 bits per heavy atom. The third-order valence-corrected chi connectivity index (χ3v) is 7.15. The van der Waals surface area contributed by atoms with E-state index in [0.29, 0.717) is 0 Å². The standard InChI is InChI=1S/C20H19BrO4S/c1-25-20(22)19(26(23,24)15-7-3-2-4-8-15)13-17(14-11-12-14)16-9-5-6-10-18(16)21/h2-10,19H,11-13H2,1H3. The van der Waals surface area contributed by atoms with Gasteiger partial charge in [0.05, 0.1) is 12.0 Å². The average molecular weight is 435 g/mol. The number of halogens is 1. The van der Waals surface area contributed by atoms with Crippen molar-refractivity contribution in [2.45, 2.75) is 29.4 Å². The van der Waals surface area contributed by atoms with Gasteiger partial charge in [0.15, 0.2) is 15.1 Å². The number of rotatable bonds is 6. The number of esters is 1. The van der Waals surface area contributed by atoms with Crippen LogP contribution in [0, 0.1) is 0 Å². The molecule has 0 heterocycles. The van der Waals surface area contributed by atoms with Crippen molar-refractivity contribution < 1.29 is 17.9 Å². The molecule has 1 unspecified atom stereocenters. The molecule has 0 saturated heterocycles. The molecule has 2 aromatic rings. The molecule has 1 aliphatic carbocycles. The average Bonchev–Trinajstić information content (AvgIpc) is 3.48. The van der Waals surface area contributed by atoms with E-state index < -0.39 is 21.1 Å². The number of ether oxygens (including phenoxy) is 1. The molecule has 136 valence electrons. The van der Waals surface area contributed by atoms with Gasteiger partial charge in [0.2, 0.25) is 0 Å². The normalized spacial score (nSPS) is 14.6. The highest BCUT2D eigenvalue weighted by Gasteiger charge is 2.37. The Bertz CT molecular complexity index is 943. The zero-order valence-electron chi connectivity index (χ0n) is 14.3. The summed E-state index contributed by atoms with van der Waals surface area (Å²) in [5.41, 5.74) is 3.03. The number of sulfone groups is 1. The lowest BCUT2D eigenvalue weighted by molar-refractivity contribution is -0.140. The maximum Gasteiger partial charge on any atom is 0.324 e. The summed E-state index contributed by atoms with van der Waals surface area (Å²) in [6, 6.07) is 15.7. The zero-order valence-corrected chi connectivity index (χ0v) is 16.7. The van der Waals surface area contributed by atoms with E-state index >= 15 is 0 Å². The second-order valence-electron chi connectivity index (χ2n) is 6.14. The van der Waals surface area contributed by atoms with E-state index in [9.17, 15) is 13.2 Å². The number of hydrogen-bond donors (Lipinski definition) is 0. The minimum absolute atomic E-state index is 0.0991. The molecule has 1 aliphatic rings. The van der Waals surface area contributed by atoms with Crippen LogP contribution in [0.4, 0.5) is 0 Å². The van der Waals surface area contributed by atoms with E-state index in [1.165, 1.54) is 24.8 Å². The fraction of sp³-hybridized carbons (Fsp3) is 0.250. The van der Waals surface area contributed by atoms with Crippen molar-refractivity contribution in [3.8, 4) is 0 Å². The van der Waals surface area contributed by atoms with Crippen LogP contribution in [0.2, 0.25) is 0 Å². The molecule has 0 spiro atoms. The SMILES string of the molecule is COC(=O)C(CC(=C1CC1)c1ccccc1Br)S(=O)(=O)c1ccccc1. The summed E-state index contributed by atoms with van der Waals surface area (Å²) in [7, 11) is -2.64. The van der Waals surface area contributed by atoms with E-state index in [-0.39, 0.29) is 11.3 Å². The largest absolute Gasteiger partial charge is 0.468 e. The van der Waals surface area contributed by atoms with Gasteiger partial charge in [0.25, 0.3) is 0 Å². The lowest BCUT2D eigenvalue weighted by atomic mass is 10.00. The second-order valence-corrected chi connectivity index (χ2v) is 9.12. The first-order valence-corrected chi connectivity index (χ1v) is 10.6. The van der Waals surface area contributed by atoms with Gasteiger partial charge in [-0.15, -0.1) is 0 Å². The van der Waals surface area contributed by atoms with Crippen LogP contribution in [-0.2, 0) is 19.4 Å². The van der Waals surface area contributed by atoms with Crippen molar-refractivity contribution in [1.82, 2.24) is 0 Å². The molecule has 26 heavy (non-hydrogen) atoms. The summed E-state index contributed by atoms with van der Waals surface area (Å²) >= 11 is 3.53. The lowest BCUT2D eigenvalue weighted by Crippen LogP contribution is -2.32. The summed E-state index contributed by atoms with van der Waals surface area (Å²) in [5.74, 6) is -0.736. The van der Waals surface area contributed by atoms with Crippen LogP contribution < -0.4 is 0 Å². The minimum atomic E-state index is -3.86. The molecule has 0 N–H and O–H groups in total. The Hall–Kier alpha value is -1.92. The van der Waals surface area contributed by atoms with Crippen molar-refractivity contribution >= 4 is 37.3 Å². The number of hydrogen-bond acceptors (Lipinski definition) is 4. The van der Waals surface area contributed by atoms with Gasteiger partial charge in [-0.05, 0) is 42.2 Å². The Morgan fingerprint density at radius 2 is 1.69 bits per heavy atom. The smallest absolute Gasteiger partial charge is 0.324 e. The summed E-state index contributed by atoms with van der Waals surface area (Å²) in [5, 5.41) is -1.27. The van der Waals surface area contributed by atoms with Crippen LogP contribution in [0.15, 0.2) is 69.5 Å². The first-order chi connectivity index (χ1) is 12.4. The summed E-state index contributed by atoms with van der Waals surface area (Å²) < 4.78 is 31.9. The van der Waals surface area contributed by atoms with Gasteiger partial charge in [-0.2, -0.15) is 0 Å². The highest BCUT2D eigenvalue weighted by atomic mass is 79.9. The molecule has 1 fully saturated rings. The van der Waals surface area contributed by atoms with Gasteiger partial charge in [-0.1, -0.05) is 57.9 Å². The first kappa shape index (κ1) is 18.9. The Balaban J connectivity index is 2.03. The van der Waals surface area contributed by atoms with Gasteiger partial charge < -0.3 is 4.74 Å². The molecule has 0 amide bonds. The highest BCUT2D eigenvalue weighted by molar-refractivity contribution is 9.10. The third kappa shape index (κ3) is 3.91. The molecule has 6 heteroatoms. The molecule has 1 atom stereocenters. The molecule has 0 bridgehead atoms. The van der Waals surface area contributed by atoms with Crippen LogP contribution in [0.1, 0.15) is 24.8 Å². The monoisotopic (exact) mass is 434 g/mol. The topological polar surface area (TPSA) is 60.4 Å². The Kier molecular flexibility index (Phi) is 5.63. The number of methoxy groups -OCH3 is 1. The predicted octanol–water partition coefficient (Wildman–Crippen LogP) is 4.40. The quantitative estimate of drug-likeness (QED) is 0.631. The van der Waals surface area contributed by atoms with Crippen molar-refractivity contribution in [1.29, 1.82) is 0 Å². The Morgan fingerprint density at radius 1 is 1.08 bits per heavy atom. The summed E-state index contributed by atoms with van der Waals surface area (Å²) in [4.78, 5) is 12.5. The number of allylic oxidation sites excluding steroid dienone is 2. The van der Waals surface area contributed by atoms with E-state index in [1.54, 1.807) is 18.2 Å². The maximum absolute atomic E-state index is 13.1. The highest BCUT2D eigenvalue weighted by Crippen LogP contribution is 2.42. The van der Waals surface area contributed by atoms with Crippen LogP contribution in [-0.4, -0.2) is 26.7 Å². The van der Waals surface area contributed by atoms with Gasteiger partial charge in [-0.25, -0.2) is 8.42 Å². The molecule has 2 aromatic carbocycles. The van der Waals surface area contributed by atoms with E-state index in [2.05, 4.69) is 15.9 Å². The van der Waals surface area contributed by atoms with Crippen molar-refractivity contribution in [2.75, 3.05) is 7.11 Å². The van der Waals surface area contributed by atoms with E-state index in [0.717, 1.165) is 28.5 Å². The van der Waals surface area contributed by atoms with Crippen LogP contribution in [0.3, 0.4) is 0 Å². The molecule has 0 aromatic heterocycles. The zero-order chi connectivity index (χ0) is 18.7. The van der Waals surface area contributed by atoms with Gasteiger partial charge in [0.1, 0.15) is 0 Å². The van der Waals surface area contributed by atoms with Crippen molar-refractivity contribution in [2.24, 2.45) is 0 Å². The van der Waals surface area contributed by atoms with E-state index in [4.69, 9.17) is 4.74 Å². The maximum atomic E-state index is 13.1. The third-order valence-electron chi connectivity index (χ3n) is 4.43. The number of carbonyl (C=O) groups is 1. The molecule has 0 aliphatic heterocycles. The molecular weight excluding hydrogens is 416 g/mol. The van der Waals surface area contributed by atoms with E-state index in [1.807, 2.05) is 24.3 Å². The molecule has 3 rings (SSSR count). The fourth-order valence-corrected chi connectivity index (χ4v) is 5.05. The van der Waals surface area contributed by atoms with Gasteiger partial charge in [-0.3, -0.25) is 4.79 Å². The fourth-order valence-electron chi connectivity index (χ4n) is 2.93. The van der Waals surface area contributed by atoms with Gasteiger partial charge >= 0.3 is 5.97 Å². The molecule has 1 saturated carbocycles. The Labute approximate surface area is 161 Å². The second kappa shape index (κ2) is 7.76. The van der Waals surface area contributed by atoms with Crippen LogP contribution >= 0.6 is 15.9 Å². The predicted molar refractivity (Wildman–Crippen MR) is 104 cm³/mol. The molecule has 0 radical (unpaired) electrons. The van der Waals surface area contributed by atoms with Gasteiger partial charge in [0, 0.05) is 10.9 Å². The van der Waals surface area contributed by atoms with Crippen LogP contribution in [0.25, 0.3) is 5.57 Å². The summed E-state index contributed by atoms with van der Waals surface area (Å²) in [6.07, 6.45) is 1.95. The van der Waals surface area contributed by atoms with Crippen molar-refractivity contribution in [3.63, 3.8) is 0 Å². The molecular formula is C20H19BrO4S. The summed E-state index contributed by atoms with van der Waals surface area (Å²) in [6.45, 7) is 0. The number of benzene rings is 2. The van der Waals surface area contributed by atoms with Crippen molar-refractivity contribution in [3.05, 3.63) is 70.2 Å². The minimum Gasteiger partial charge on any atom is -0.468 e. The lowest BCUT2D eigenvalue weighted by Gasteiger charge is -2.18. The first-order valence-electron chi connectivity index (χ1n) is 8.27. The van der Waals surface area contributed by atoms with Crippen LogP contribution in [0.5, 0.6) is 0 Å². The number of carbonyl (C=O) groups excluding carboxylic acids is 1. The molecule has 4 nitrogen and oxygen atoms in total.